The first kappa shape index (κ1) is 22.9. The van der Waals surface area contributed by atoms with Crippen LogP contribution in [0.4, 0.5) is 10.5 Å². The molecule has 3 atom stereocenters. The lowest BCUT2D eigenvalue weighted by Gasteiger charge is -2.45. The number of anilines is 1. The van der Waals surface area contributed by atoms with Crippen molar-refractivity contribution in [3.63, 3.8) is 0 Å². The molecule has 32 heavy (non-hydrogen) atoms. The number of nitrogens with one attached hydrogen (secondary N) is 2. The number of halogens is 1. The van der Waals surface area contributed by atoms with E-state index >= 15 is 0 Å². The molecule has 0 spiro atoms. The molecule has 2 amide bonds. The Bertz CT molecular complexity index is 998. The van der Waals surface area contributed by atoms with Crippen molar-refractivity contribution in [3.05, 3.63) is 52.0 Å². The highest BCUT2D eigenvalue weighted by molar-refractivity contribution is 9.10. The minimum absolute atomic E-state index is 0.0752. The van der Waals surface area contributed by atoms with Crippen molar-refractivity contribution in [3.8, 4) is 11.5 Å². The Labute approximate surface area is 198 Å². The van der Waals surface area contributed by atoms with Crippen molar-refractivity contribution in [2.24, 2.45) is 0 Å². The number of urea groups is 1. The first-order valence-electron chi connectivity index (χ1n) is 11.1. The first-order valence-corrected chi connectivity index (χ1v) is 11.9. The van der Waals surface area contributed by atoms with Crippen molar-refractivity contribution >= 4 is 27.6 Å². The zero-order chi connectivity index (χ0) is 22.9. The third kappa shape index (κ3) is 4.33. The Morgan fingerprint density at radius 3 is 2.62 bits per heavy atom. The second-order valence-electron chi connectivity index (χ2n) is 9.01. The van der Waals surface area contributed by atoms with Gasteiger partial charge in [-0.25, -0.2) is 4.79 Å². The average Bonchev–Trinajstić information content (AvgIpc) is 3.13. The molecule has 172 valence electrons. The van der Waals surface area contributed by atoms with Crippen LogP contribution in [0.2, 0.25) is 0 Å². The number of amides is 2. The minimum Gasteiger partial charge on any atom is -0.493 e. The lowest BCUT2D eigenvalue weighted by Crippen LogP contribution is -2.52. The predicted molar refractivity (Wildman–Crippen MR) is 131 cm³/mol. The van der Waals surface area contributed by atoms with Crippen LogP contribution in [0.15, 0.2) is 40.9 Å². The maximum absolute atomic E-state index is 12.7. The van der Waals surface area contributed by atoms with Crippen molar-refractivity contribution in [2.45, 2.75) is 50.1 Å². The molecule has 0 aromatic heterocycles. The van der Waals surface area contributed by atoms with E-state index in [4.69, 9.17) is 9.47 Å². The molecule has 2 N–H and O–H groups in total. The van der Waals surface area contributed by atoms with Gasteiger partial charge in [0.2, 0.25) is 0 Å². The fourth-order valence-electron chi connectivity index (χ4n) is 5.47. The lowest BCUT2D eigenvalue weighted by molar-refractivity contribution is 0.156. The number of likely N-dealkylation sites (tertiary alicyclic amines) is 1. The van der Waals surface area contributed by atoms with Crippen LogP contribution >= 0.6 is 15.9 Å². The van der Waals surface area contributed by atoms with Crippen LogP contribution in [0.25, 0.3) is 0 Å². The van der Waals surface area contributed by atoms with E-state index in [9.17, 15) is 4.79 Å². The van der Waals surface area contributed by atoms with E-state index < -0.39 is 0 Å². The molecule has 4 rings (SSSR count). The van der Waals surface area contributed by atoms with Crippen molar-refractivity contribution in [1.29, 1.82) is 0 Å². The van der Waals surface area contributed by atoms with E-state index in [1.807, 2.05) is 31.2 Å². The summed E-state index contributed by atoms with van der Waals surface area (Å²) in [6.07, 6.45) is 4.02. The standard InChI is InChI=1S/C25H32BrN3O3/c1-16-13-18(6-7-20(16)26)27-24(30)28-19-9-10-25(11-12-29(2)23(25)15-19)17-5-8-21(31-3)22(14-17)32-4/h5-8,13-14,19,23H,9-12,15H2,1-4H3,(H2,27,28,30). The number of hydrogen-bond donors (Lipinski definition) is 2. The van der Waals surface area contributed by atoms with Crippen LogP contribution in [0, 0.1) is 6.92 Å². The highest BCUT2D eigenvalue weighted by atomic mass is 79.9. The summed E-state index contributed by atoms with van der Waals surface area (Å²) < 4.78 is 12.1. The van der Waals surface area contributed by atoms with Crippen molar-refractivity contribution < 1.29 is 14.3 Å². The molecular weight excluding hydrogens is 470 g/mol. The largest absolute Gasteiger partial charge is 0.493 e. The normalized spacial score (nSPS) is 25.2. The fraction of sp³-hybridized carbons (Fsp3) is 0.480. The topological polar surface area (TPSA) is 62.8 Å². The summed E-state index contributed by atoms with van der Waals surface area (Å²) in [6.45, 7) is 3.06. The minimum atomic E-state index is -0.143. The van der Waals surface area contributed by atoms with Crippen LogP contribution < -0.4 is 20.1 Å². The Kier molecular flexibility index (Phi) is 6.67. The Morgan fingerprint density at radius 2 is 1.91 bits per heavy atom. The van der Waals surface area contributed by atoms with Crippen molar-refractivity contribution in [2.75, 3.05) is 33.1 Å². The number of fused-ring (bicyclic) bond motifs is 1. The molecule has 2 aromatic carbocycles. The molecule has 1 aliphatic heterocycles. The number of nitrogens with zero attached hydrogens (tertiary/aromatic N) is 1. The maximum Gasteiger partial charge on any atom is 0.319 e. The van der Waals surface area contributed by atoms with Gasteiger partial charge in [-0.3, -0.25) is 0 Å². The quantitative estimate of drug-likeness (QED) is 0.598. The predicted octanol–water partition coefficient (Wildman–Crippen LogP) is 5.09. The number of carbonyl (C=O) groups excluding carboxylic acids is 1. The van der Waals surface area contributed by atoms with Gasteiger partial charge in [0.05, 0.1) is 14.2 Å². The molecule has 6 nitrogen and oxygen atoms in total. The molecule has 0 radical (unpaired) electrons. The third-order valence-electron chi connectivity index (χ3n) is 7.24. The number of likely N-dealkylation sites (N-methyl/N-ethyl adjacent to an activating group) is 1. The van der Waals surface area contributed by atoms with Gasteiger partial charge in [0.25, 0.3) is 0 Å². The number of carbonyl (C=O) groups is 1. The maximum atomic E-state index is 12.7. The van der Waals surface area contributed by atoms with Gasteiger partial charge < -0.3 is 25.0 Å². The molecule has 1 saturated carbocycles. The van der Waals surface area contributed by atoms with Crippen LogP contribution in [0.1, 0.15) is 36.8 Å². The van der Waals surface area contributed by atoms with Gasteiger partial charge in [-0.15, -0.1) is 0 Å². The molecule has 2 fully saturated rings. The number of benzene rings is 2. The Balaban J connectivity index is 1.47. The zero-order valence-electron chi connectivity index (χ0n) is 19.2. The highest BCUT2D eigenvalue weighted by Gasteiger charge is 2.50. The number of rotatable bonds is 5. The number of aryl methyl sites for hydroxylation is 1. The number of ether oxygens (including phenoxy) is 2. The SMILES string of the molecule is COc1ccc(C23CCC(NC(=O)Nc4ccc(Br)c(C)c4)CC2N(C)CC3)cc1OC. The van der Waals surface area contributed by atoms with Crippen molar-refractivity contribution in [1.82, 2.24) is 10.2 Å². The van der Waals surface area contributed by atoms with Gasteiger partial charge in [0.1, 0.15) is 0 Å². The number of methoxy groups -OCH3 is 2. The van der Waals surface area contributed by atoms with Gasteiger partial charge in [-0.05, 0) is 87.7 Å². The van der Waals surface area contributed by atoms with Crippen LogP contribution in [-0.4, -0.2) is 50.8 Å². The van der Waals surface area contributed by atoms with Crippen LogP contribution in [-0.2, 0) is 5.41 Å². The van der Waals surface area contributed by atoms with Gasteiger partial charge >= 0.3 is 6.03 Å². The molecule has 3 unspecified atom stereocenters. The average molecular weight is 502 g/mol. The van der Waals surface area contributed by atoms with Crippen LogP contribution in [0.5, 0.6) is 11.5 Å². The summed E-state index contributed by atoms with van der Waals surface area (Å²) >= 11 is 3.50. The molecule has 0 bridgehead atoms. The second-order valence-corrected chi connectivity index (χ2v) is 9.86. The van der Waals surface area contributed by atoms with Gasteiger partial charge in [-0.2, -0.15) is 0 Å². The van der Waals surface area contributed by atoms with E-state index in [0.717, 1.165) is 59.5 Å². The first-order chi connectivity index (χ1) is 15.4. The smallest absolute Gasteiger partial charge is 0.319 e. The summed E-state index contributed by atoms with van der Waals surface area (Å²) in [5.74, 6) is 1.53. The third-order valence-corrected chi connectivity index (χ3v) is 8.13. The van der Waals surface area contributed by atoms with E-state index in [1.54, 1.807) is 14.2 Å². The van der Waals surface area contributed by atoms with Crippen LogP contribution in [0.3, 0.4) is 0 Å². The molecule has 1 heterocycles. The Morgan fingerprint density at radius 1 is 1.12 bits per heavy atom. The molecule has 2 aromatic rings. The molecular formula is C25H32BrN3O3. The second kappa shape index (κ2) is 9.32. The molecule has 7 heteroatoms. The fourth-order valence-corrected chi connectivity index (χ4v) is 5.72. The summed E-state index contributed by atoms with van der Waals surface area (Å²) in [7, 11) is 5.55. The summed E-state index contributed by atoms with van der Waals surface area (Å²) in [6, 6.07) is 12.5. The Hall–Kier alpha value is -2.25. The van der Waals surface area contributed by atoms with Gasteiger partial charge in [0, 0.05) is 27.7 Å². The van der Waals surface area contributed by atoms with E-state index in [2.05, 4.69) is 50.6 Å². The van der Waals surface area contributed by atoms with Gasteiger partial charge in [0.15, 0.2) is 11.5 Å². The summed E-state index contributed by atoms with van der Waals surface area (Å²) in [5.41, 5.74) is 3.27. The summed E-state index contributed by atoms with van der Waals surface area (Å²) in [5, 5.41) is 6.19. The van der Waals surface area contributed by atoms with E-state index in [1.165, 1.54) is 5.56 Å². The lowest BCUT2D eigenvalue weighted by atomic mass is 9.65. The van der Waals surface area contributed by atoms with Gasteiger partial charge in [-0.1, -0.05) is 22.0 Å². The summed E-state index contributed by atoms with van der Waals surface area (Å²) in [4.78, 5) is 15.1. The molecule has 2 aliphatic rings. The van der Waals surface area contributed by atoms with E-state index in [-0.39, 0.29) is 17.5 Å². The zero-order valence-corrected chi connectivity index (χ0v) is 20.8. The van der Waals surface area contributed by atoms with E-state index in [0.29, 0.717) is 6.04 Å². The molecule has 1 saturated heterocycles. The highest BCUT2D eigenvalue weighted by Crippen LogP contribution is 2.49. The monoisotopic (exact) mass is 501 g/mol. The molecule has 1 aliphatic carbocycles. The number of hydrogen-bond acceptors (Lipinski definition) is 4.